The number of Topliss-reactive ketones (excluding diaryl/α,β-unsaturated/α-hetero) is 2. The summed E-state index contributed by atoms with van der Waals surface area (Å²) in [5.41, 5.74) is -1.87. The molecule has 312 valence electrons. The third-order valence-electron chi connectivity index (χ3n) is 11.9. The van der Waals surface area contributed by atoms with E-state index in [9.17, 15) is 29.1 Å². The van der Waals surface area contributed by atoms with Crippen molar-refractivity contribution in [2.45, 2.75) is 129 Å². The van der Waals surface area contributed by atoms with Gasteiger partial charge in [0.15, 0.2) is 17.7 Å². The second kappa shape index (κ2) is 17.6. The number of rotatable bonds is 7. The van der Waals surface area contributed by atoms with Crippen molar-refractivity contribution in [1.29, 1.82) is 0 Å². The van der Waals surface area contributed by atoms with Crippen LogP contribution in [0, 0.1) is 23.7 Å². The summed E-state index contributed by atoms with van der Waals surface area (Å²) in [5.74, 6) is -6.00. The van der Waals surface area contributed by atoms with Gasteiger partial charge in [-0.2, -0.15) is 0 Å². The molecular formula is C42H58N4O11. The van der Waals surface area contributed by atoms with Crippen molar-refractivity contribution in [1.82, 2.24) is 20.5 Å². The molecule has 5 rings (SSSR count). The average Bonchev–Trinajstić information content (AvgIpc) is 3.48. The predicted molar refractivity (Wildman–Crippen MR) is 209 cm³/mol. The summed E-state index contributed by atoms with van der Waals surface area (Å²) in [6.45, 7) is 13.0. The first-order valence-electron chi connectivity index (χ1n) is 19.7. The molecule has 3 aliphatic heterocycles. The first kappa shape index (κ1) is 43.7. The van der Waals surface area contributed by atoms with E-state index in [4.69, 9.17) is 23.7 Å². The van der Waals surface area contributed by atoms with Gasteiger partial charge in [0.1, 0.15) is 35.6 Å². The average molecular weight is 795 g/mol. The molecule has 15 heteroatoms. The van der Waals surface area contributed by atoms with Crippen molar-refractivity contribution in [2.24, 2.45) is 23.7 Å². The fourth-order valence-corrected chi connectivity index (χ4v) is 8.70. The smallest absolute Gasteiger partial charge is 0.411 e. The first-order valence-corrected chi connectivity index (χ1v) is 19.7. The number of carbonyl (C=O) groups is 5. The number of esters is 1. The van der Waals surface area contributed by atoms with E-state index in [1.54, 1.807) is 53.7 Å². The molecule has 1 unspecified atom stereocenters. The molecule has 0 spiro atoms. The maximum atomic E-state index is 14.4. The lowest BCUT2D eigenvalue weighted by Crippen LogP contribution is -2.60. The molecule has 3 saturated heterocycles. The largest absolute Gasteiger partial charge is 0.458 e. The van der Waals surface area contributed by atoms with Crippen LogP contribution in [0.1, 0.15) is 80.3 Å². The van der Waals surface area contributed by atoms with Crippen LogP contribution >= 0.6 is 0 Å². The maximum absolute atomic E-state index is 14.4. The Labute approximate surface area is 334 Å². The summed E-state index contributed by atoms with van der Waals surface area (Å²) < 4.78 is 30.6. The molecule has 3 aliphatic rings. The molecule has 0 bridgehead atoms. The van der Waals surface area contributed by atoms with Crippen LogP contribution in [-0.4, -0.2) is 113 Å². The Balaban J connectivity index is 1.55. The van der Waals surface area contributed by atoms with E-state index in [1.807, 2.05) is 56.3 Å². The Morgan fingerprint density at radius 1 is 1.04 bits per heavy atom. The molecule has 15 nitrogen and oxygen atoms in total. The van der Waals surface area contributed by atoms with Gasteiger partial charge in [0.05, 0.1) is 23.4 Å². The molecule has 3 fully saturated rings. The number of alkyl carbamates (subject to hydrolysis) is 2. The van der Waals surface area contributed by atoms with E-state index in [0.717, 1.165) is 10.9 Å². The van der Waals surface area contributed by atoms with Gasteiger partial charge in [0.25, 0.3) is 0 Å². The number of para-hydroxylation sites is 1. The van der Waals surface area contributed by atoms with Crippen LogP contribution < -0.4 is 10.6 Å². The van der Waals surface area contributed by atoms with E-state index in [-0.39, 0.29) is 30.8 Å². The molecule has 1 aromatic heterocycles. The number of benzene rings is 1. The Morgan fingerprint density at radius 3 is 2.42 bits per heavy atom. The van der Waals surface area contributed by atoms with Crippen molar-refractivity contribution in [3.63, 3.8) is 0 Å². The zero-order valence-corrected chi connectivity index (χ0v) is 34.5. The Kier molecular flexibility index (Phi) is 13.5. The zero-order valence-electron chi connectivity index (χ0n) is 34.5. The Morgan fingerprint density at radius 2 is 1.74 bits per heavy atom. The Bertz CT molecular complexity index is 1850. The number of amides is 2. The van der Waals surface area contributed by atoms with E-state index >= 15 is 0 Å². The number of ether oxygens (including phenoxy) is 5. The van der Waals surface area contributed by atoms with Gasteiger partial charge in [-0.05, 0) is 79.3 Å². The highest BCUT2D eigenvalue weighted by Gasteiger charge is 2.57. The summed E-state index contributed by atoms with van der Waals surface area (Å²) in [6.07, 6.45) is -3.36. The van der Waals surface area contributed by atoms with Crippen molar-refractivity contribution in [3.8, 4) is 0 Å². The molecular weight excluding hydrogens is 736 g/mol. The van der Waals surface area contributed by atoms with Crippen LogP contribution in [0.15, 0.2) is 42.6 Å². The van der Waals surface area contributed by atoms with Crippen LogP contribution in [-0.2, 0) is 38.1 Å². The van der Waals surface area contributed by atoms with Gasteiger partial charge in [-0.1, -0.05) is 52.0 Å². The lowest BCUT2D eigenvalue weighted by atomic mass is 9.73. The molecule has 57 heavy (non-hydrogen) atoms. The predicted octanol–water partition coefficient (Wildman–Crippen LogP) is 4.78. The number of aliphatic hydroxyl groups is 1. The fourth-order valence-electron chi connectivity index (χ4n) is 8.70. The van der Waals surface area contributed by atoms with Crippen LogP contribution in [0.2, 0.25) is 0 Å². The standard InChI is InChI=1S/C42H58N4O11/c1-11-31-42(8)35(45-40(52)57-42)24(4)32(47)22(2)21-41(7,56-39(51)43-19-18-28-17-16-27-14-12-13-15-29(27)44-28)36(25(5)33(48)26(6)37(50)54-31)55-38-34(49)30(46(9)10)20-23(3)53-38/h12-19,22-26,30-31,34-36,38,49H,11,20-21H2,1-10H3,(H,43,51)(H,45,52)/b19-18+/t22-,23-,24+,25+,26?,30+,31-,34-,35-,36-,38+,41-,42-/m1/s1. The third kappa shape index (κ3) is 9.32. The van der Waals surface area contributed by atoms with Gasteiger partial charge in [0.2, 0.25) is 0 Å². The number of hydrogen-bond donors (Lipinski definition) is 3. The number of aliphatic hydroxyl groups excluding tert-OH is 1. The summed E-state index contributed by atoms with van der Waals surface area (Å²) in [7, 11) is 3.65. The summed E-state index contributed by atoms with van der Waals surface area (Å²) in [4.78, 5) is 75.6. The van der Waals surface area contributed by atoms with Crippen molar-refractivity contribution in [3.05, 3.63) is 48.3 Å². The topological polar surface area (TPSA) is 192 Å². The number of cyclic esters (lactones) is 1. The number of carbonyl (C=O) groups excluding carboxylic acids is 5. The van der Waals surface area contributed by atoms with Gasteiger partial charge < -0.3 is 39.0 Å². The maximum Gasteiger partial charge on any atom is 0.411 e. The molecule has 3 N–H and O–H groups in total. The summed E-state index contributed by atoms with van der Waals surface area (Å²) in [5, 5.41) is 17.9. The molecule has 4 heterocycles. The molecule has 1 aromatic carbocycles. The van der Waals surface area contributed by atoms with Gasteiger partial charge in [-0.15, -0.1) is 0 Å². The normalized spacial score (nSPS) is 36.9. The zero-order chi connectivity index (χ0) is 42.0. The minimum Gasteiger partial charge on any atom is -0.458 e. The molecule has 0 aliphatic carbocycles. The number of fused-ring (bicyclic) bond motifs is 2. The lowest BCUT2D eigenvalue weighted by Gasteiger charge is -2.47. The van der Waals surface area contributed by atoms with Gasteiger partial charge in [0, 0.05) is 35.4 Å². The number of pyridine rings is 1. The number of aromatic nitrogens is 1. The summed E-state index contributed by atoms with van der Waals surface area (Å²) in [6, 6.07) is 10.0. The number of likely N-dealkylation sites (N-methyl/N-ethyl adjacent to an activating group) is 1. The molecule has 2 aromatic rings. The second-order valence-electron chi connectivity index (χ2n) is 16.5. The molecule has 2 amide bonds. The van der Waals surface area contributed by atoms with E-state index in [1.165, 1.54) is 13.1 Å². The number of nitrogens with zero attached hydrogens (tertiary/aromatic N) is 2. The monoisotopic (exact) mass is 794 g/mol. The fraction of sp³-hybridized carbons (Fsp3) is 0.619. The number of ketones is 2. The van der Waals surface area contributed by atoms with Gasteiger partial charge in [-0.25, -0.2) is 14.6 Å². The lowest BCUT2D eigenvalue weighted by molar-refractivity contribution is -0.292. The second-order valence-corrected chi connectivity index (χ2v) is 16.5. The van der Waals surface area contributed by atoms with Gasteiger partial charge >= 0.3 is 18.2 Å². The van der Waals surface area contributed by atoms with Crippen molar-refractivity contribution >= 4 is 46.7 Å². The Hall–Kier alpha value is -4.44. The highest BCUT2D eigenvalue weighted by atomic mass is 16.7. The van der Waals surface area contributed by atoms with E-state index < -0.39 is 89.5 Å². The van der Waals surface area contributed by atoms with E-state index in [0.29, 0.717) is 12.1 Å². The van der Waals surface area contributed by atoms with Crippen LogP contribution in [0.4, 0.5) is 9.59 Å². The van der Waals surface area contributed by atoms with E-state index in [2.05, 4.69) is 15.6 Å². The molecule has 0 radical (unpaired) electrons. The SMILES string of the molecule is CC[C@H]1OC(=O)C(C)C(=O)[C@H](C)[C@@H](O[C@@H]2O[C@H](C)C[C@H](N(C)C)[C@H]2O)[C@](C)(OC(=O)N/C=C/c2ccc3ccccc3n2)C[C@@H](C)C(=O)[C@H](C)[C@H]2NC(=O)O[C@@]21C. The van der Waals surface area contributed by atoms with Crippen molar-refractivity contribution < 1.29 is 52.8 Å². The number of nitrogens with one attached hydrogen (secondary N) is 2. The minimum atomic E-state index is -1.77. The summed E-state index contributed by atoms with van der Waals surface area (Å²) >= 11 is 0. The van der Waals surface area contributed by atoms with Crippen molar-refractivity contribution in [2.75, 3.05) is 14.1 Å². The molecule has 13 atom stereocenters. The van der Waals surface area contributed by atoms with Crippen LogP contribution in [0.25, 0.3) is 17.0 Å². The molecule has 0 saturated carbocycles. The quantitative estimate of drug-likeness (QED) is 0.197. The first-order chi connectivity index (χ1) is 26.8. The third-order valence-corrected chi connectivity index (χ3v) is 11.9. The highest BCUT2D eigenvalue weighted by molar-refractivity contribution is 6.00. The van der Waals surface area contributed by atoms with Crippen LogP contribution in [0.3, 0.4) is 0 Å². The van der Waals surface area contributed by atoms with Gasteiger partial charge in [-0.3, -0.25) is 19.7 Å². The highest BCUT2D eigenvalue weighted by Crippen LogP contribution is 2.40. The number of hydrogen-bond acceptors (Lipinski definition) is 13. The minimum absolute atomic E-state index is 0.161. The van der Waals surface area contributed by atoms with Crippen LogP contribution in [0.5, 0.6) is 0 Å².